The van der Waals surface area contributed by atoms with Crippen molar-refractivity contribution in [3.05, 3.63) is 16.8 Å². The summed E-state index contributed by atoms with van der Waals surface area (Å²) in [6.45, 7) is 2.94. The van der Waals surface area contributed by atoms with E-state index in [1.165, 1.54) is 0 Å². The van der Waals surface area contributed by atoms with Gasteiger partial charge in [-0.2, -0.15) is 11.3 Å². The maximum atomic E-state index is 5.33. The molecule has 0 aromatic carbocycles. The van der Waals surface area contributed by atoms with Crippen LogP contribution in [0.2, 0.25) is 0 Å². The molecule has 4 nitrogen and oxygen atoms in total. The Labute approximate surface area is 88.2 Å². The molecule has 0 aliphatic rings. The third-order valence-corrected chi connectivity index (χ3v) is 2.39. The van der Waals surface area contributed by atoms with Gasteiger partial charge in [0.05, 0.1) is 5.69 Å². The van der Waals surface area contributed by atoms with Gasteiger partial charge in [-0.1, -0.05) is 13.3 Å². The van der Waals surface area contributed by atoms with Crippen molar-refractivity contribution in [2.24, 2.45) is 10.8 Å². The Kier molecular flexibility index (Phi) is 5.03. The summed E-state index contributed by atoms with van der Waals surface area (Å²) in [6, 6.07) is 1.98. The van der Waals surface area contributed by atoms with Gasteiger partial charge in [-0.25, -0.2) is 5.84 Å². The summed E-state index contributed by atoms with van der Waals surface area (Å²) >= 11 is 1.63. The molecule has 0 spiro atoms. The molecule has 0 radical (unpaired) electrons. The van der Waals surface area contributed by atoms with Gasteiger partial charge in [-0.3, -0.25) is 10.4 Å². The van der Waals surface area contributed by atoms with Gasteiger partial charge in [-0.05, 0) is 17.9 Å². The Bertz CT molecular complexity index is 268. The summed E-state index contributed by atoms with van der Waals surface area (Å²) < 4.78 is 0. The first-order valence-corrected chi connectivity index (χ1v) is 5.61. The first kappa shape index (κ1) is 11.0. The molecule has 0 aliphatic heterocycles. The maximum Gasteiger partial charge on any atom is 0.210 e. The molecule has 0 aliphatic carbocycles. The minimum atomic E-state index is 0.622. The second-order valence-corrected chi connectivity index (χ2v) is 3.65. The lowest BCUT2D eigenvalue weighted by atomic mass is 10.3. The van der Waals surface area contributed by atoms with Crippen LogP contribution in [0.3, 0.4) is 0 Å². The minimum absolute atomic E-state index is 0.622. The van der Waals surface area contributed by atoms with Crippen LogP contribution in [0.15, 0.2) is 21.8 Å². The molecule has 78 valence electrons. The van der Waals surface area contributed by atoms with Crippen LogP contribution in [0.25, 0.3) is 0 Å². The van der Waals surface area contributed by atoms with Gasteiger partial charge in [0.25, 0.3) is 0 Å². The molecular formula is C9H16N4S. The Morgan fingerprint density at radius 3 is 3.07 bits per heavy atom. The van der Waals surface area contributed by atoms with E-state index in [0.717, 1.165) is 25.1 Å². The lowest BCUT2D eigenvalue weighted by molar-refractivity contribution is 0.801. The number of nitrogens with zero attached hydrogens (tertiary/aromatic N) is 1. The van der Waals surface area contributed by atoms with Crippen LogP contribution in [0.4, 0.5) is 5.69 Å². The fraction of sp³-hybridized carbons (Fsp3) is 0.444. The van der Waals surface area contributed by atoms with Crippen LogP contribution in [0.5, 0.6) is 0 Å². The molecule has 1 rings (SSSR count). The average Bonchev–Trinajstić information content (AvgIpc) is 2.69. The molecule has 0 amide bonds. The zero-order chi connectivity index (χ0) is 10.2. The summed E-state index contributed by atoms with van der Waals surface area (Å²) in [7, 11) is 0. The number of hydrazine groups is 1. The standard InChI is InChI=1S/C9H16N4S/c1-2-3-5-11-9(13-10)12-8-4-6-14-7-8/h4,6-7H,2-3,5,10H2,1H3,(H2,11,12,13). The minimum Gasteiger partial charge on any atom is -0.325 e. The highest BCUT2D eigenvalue weighted by Crippen LogP contribution is 2.11. The van der Waals surface area contributed by atoms with Crippen LogP contribution in [-0.2, 0) is 0 Å². The number of hydrogen-bond acceptors (Lipinski definition) is 3. The van der Waals surface area contributed by atoms with Crippen molar-refractivity contribution in [2.45, 2.75) is 19.8 Å². The van der Waals surface area contributed by atoms with Crippen molar-refractivity contribution in [1.29, 1.82) is 0 Å². The van der Waals surface area contributed by atoms with Crippen molar-refractivity contribution < 1.29 is 0 Å². The van der Waals surface area contributed by atoms with E-state index in [4.69, 9.17) is 5.84 Å². The van der Waals surface area contributed by atoms with Crippen molar-refractivity contribution in [3.63, 3.8) is 0 Å². The number of rotatable bonds is 4. The number of anilines is 1. The number of aliphatic imine (C=N–C) groups is 1. The SMILES string of the molecule is CCCCN=C(NN)Nc1ccsc1. The van der Waals surface area contributed by atoms with Gasteiger partial charge >= 0.3 is 0 Å². The molecule has 1 heterocycles. The third-order valence-electron chi connectivity index (χ3n) is 1.70. The molecule has 1 aromatic rings. The van der Waals surface area contributed by atoms with E-state index in [0.29, 0.717) is 5.96 Å². The highest BCUT2D eigenvalue weighted by Gasteiger charge is 1.96. The summed E-state index contributed by atoms with van der Waals surface area (Å²) in [5.41, 5.74) is 3.56. The zero-order valence-electron chi connectivity index (χ0n) is 8.29. The Balaban J connectivity index is 2.42. The Hall–Kier alpha value is -1.07. The fourth-order valence-corrected chi connectivity index (χ4v) is 1.53. The Morgan fingerprint density at radius 2 is 2.50 bits per heavy atom. The van der Waals surface area contributed by atoms with Crippen LogP contribution < -0.4 is 16.6 Å². The molecule has 0 fully saturated rings. The van der Waals surface area contributed by atoms with Crippen LogP contribution in [0, 0.1) is 0 Å². The average molecular weight is 212 g/mol. The van der Waals surface area contributed by atoms with E-state index in [1.807, 2.05) is 16.8 Å². The van der Waals surface area contributed by atoms with Crippen LogP contribution >= 0.6 is 11.3 Å². The molecule has 0 unspecified atom stereocenters. The molecule has 5 heteroatoms. The van der Waals surface area contributed by atoms with Crippen molar-refractivity contribution in [1.82, 2.24) is 5.43 Å². The number of nitrogens with one attached hydrogen (secondary N) is 2. The zero-order valence-corrected chi connectivity index (χ0v) is 9.10. The first-order valence-electron chi connectivity index (χ1n) is 4.67. The molecule has 4 N–H and O–H groups in total. The normalized spacial score (nSPS) is 11.4. The molecule has 0 bridgehead atoms. The van der Waals surface area contributed by atoms with Gasteiger partial charge in [0, 0.05) is 11.9 Å². The van der Waals surface area contributed by atoms with Gasteiger partial charge in [0.15, 0.2) is 0 Å². The molecule has 0 atom stereocenters. The predicted molar refractivity (Wildman–Crippen MR) is 62.5 cm³/mol. The van der Waals surface area contributed by atoms with E-state index in [1.54, 1.807) is 11.3 Å². The third kappa shape index (κ3) is 3.76. The second kappa shape index (κ2) is 6.39. The van der Waals surface area contributed by atoms with Crippen molar-refractivity contribution >= 4 is 23.0 Å². The van der Waals surface area contributed by atoms with E-state index < -0.39 is 0 Å². The topological polar surface area (TPSA) is 62.4 Å². The number of hydrogen-bond donors (Lipinski definition) is 3. The van der Waals surface area contributed by atoms with Gasteiger partial charge in [0.2, 0.25) is 5.96 Å². The van der Waals surface area contributed by atoms with E-state index >= 15 is 0 Å². The van der Waals surface area contributed by atoms with E-state index in [9.17, 15) is 0 Å². The summed E-state index contributed by atoms with van der Waals surface area (Å²) in [5, 5.41) is 7.10. The highest BCUT2D eigenvalue weighted by atomic mass is 32.1. The van der Waals surface area contributed by atoms with Crippen molar-refractivity contribution in [2.75, 3.05) is 11.9 Å². The van der Waals surface area contributed by atoms with E-state index in [-0.39, 0.29) is 0 Å². The molecule has 0 saturated carbocycles. The maximum absolute atomic E-state index is 5.33. The largest absolute Gasteiger partial charge is 0.325 e. The van der Waals surface area contributed by atoms with Gasteiger partial charge in [0.1, 0.15) is 0 Å². The number of guanidine groups is 1. The van der Waals surface area contributed by atoms with E-state index in [2.05, 4.69) is 22.7 Å². The first-order chi connectivity index (χ1) is 6.86. The lowest BCUT2D eigenvalue weighted by Crippen LogP contribution is -2.36. The summed E-state index contributed by atoms with van der Waals surface area (Å²) in [4.78, 5) is 4.28. The summed E-state index contributed by atoms with van der Waals surface area (Å²) in [5.74, 6) is 5.95. The molecular weight excluding hydrogens is 196 g/mol. The Morgan fingerprint density at radius 1 is 1.64 bits per heavy atom. The highest BCUT2D eigenvalue weighted by molar-refractivity contribution is 7.08. The fourth-order valence-electron chi connectivity index (χ4n) is 0.943. The number of thiophene rings is 1. The monoisotopic (exact) mass is 212 g/mol. The lowest BCUT2D eigenvalue weighted by Gasteiger charge is -2.06. The van der Waals surface area contributed by atoms with Crippen molar-refractivity contribution in [3.8, 4) is 0 Å². The molecule has 1 aromatic heterocycles. The summed E-state index contributed by atoms with van der Waals surface area (Å²) in [6.07, 6.45) is 2.22. The number of nitrogens with two attached hydrogens (primary N) is 1. The molecule has 14 heavy (non-hydrogen) atoms. The molecule has 0 saturated heterocycles. The van der Waals surface area contributed by atoms with Crippen LogP contribution in [-0.4, -0.2) is 12.5 Å². The smallest absolute Gasteiger partial charge is 0.210 e. The van der Waals surface area contributed by atoms with Gasteiger partial charge < -0.3 is 5.32 Å². The number of unbranched alkanes of at least 4 members (excludes halogenated alkanes) is 1. The second-order valence-electron chi connectivity index (χ2n) is 2.87. The predicted octanol–water partition coefficient (Wildman–Crippen LogP) is 1.78. The van der Waals surface area contributed by atoms with Crippen LogP contribution in [0.1, 0.15) is 19.8 Å². The quantitative estimate of drug-likeness (QED) is 0.234. The van der Waals surface area contributed by atoms with Gasteiger partial charge in [-0.15, -0.1) is 0 Å².